The molecule has 1 aliphatic heterocycles. The van der Waals surface area contributed by atoms with Gasteiger partial charge in [-0.15, -0.1) is 0 Å². The molecule has 1 N–H and O–H groups in total. The number of benzene rings is 2. The predicted molar refractivity (Wildman–Crippen MR) is 94.0 cm³/mol. The van der Waals surface area contributed by atoms with E-state index in [4.69, 9.17) is 4.74 Å². The fraction of sp³-hybridized carbons (Fsp3) is 0.250. The number of nitrogens with zero attached hydrogens (tertiary/aromatic N) is 2. The van der Waals surface area contributed by atoms with E-state index < -0.39 is 0 Å². The Morgan fingerprint density at radius 2 is 1.80 bits per heavy atom. The Kier molecular flexibility index (Phi) is 4.34. The number of aromatic hydroxyl groups is 1. The lowest BCUT2D eigenvalue weighted by Crippen LogP contribution is -2.39. The zero-order chi connectivity index (χ0) is 17.2. The molecule has 5 heteroatoms. The molecule has 0 saturated carbocycles. The topological polar surface area (TPSA) is 45.6 Å². The maximum Gasteiger partial charge on any atom is 0.146 e. The van der Waals surface area contributed by atoms with E-state index in [1.807, 2.05) is 24.3 Å². The quantitative estimate of drug-likeness (QED) is 0.794. The first-order valence-corrected chi connectivity index (χ1v) is 8.38. The highest BCUT2D eigenvalue weighted by molar-refractivity contribution is 5.85. The van der Waals surface area contributed by atoms with Crippen LogP contribution in [-0.4, -0.2) is 41.3 Å². The number of fused-ring (bicyclic) bond motifs is 1. The number of aromatic nitrogens is 1. The van der Waals surface area contributed by atoms with Crippen molar-refractivity contribution >= 4 is 10.9 Å². The standard InChI is InChI=1S/C20H19FN2O2/c21-16-6-3-15(4-7-16)19(23-10-12-25-13-11-23)17-8-5-14-2-1-9-22-18(14)20(17)24/h1-9,19,24H,10-13H2/t19-/m1/s1. The van der Waals surface area contributed by atoms with Crippen LogP contribution in [0.4, 0.5) is 4.39 Å². The highest BCUT2D eigenvalue weighted by Gasteiger charge is 2.27. The van der Waals surface area contributed by atoms with Gasteiger partial charge in [-0.25, -0.2) is 4.39 Å². The SMILES string of the molecule is Oc1c([C@@H](c2ccc(F)cc2)N2CCOCC2)ccc2cccnc12. The summed E-state index contributed by atoms with van der Waals surface area (Å²) in [4.78, 5) is 6.57. The molecule has 1 aromatic heterocycles. The molecule has 0 radical (unpaired) electrons. The van der Waals surface area contributed by atoms with Gasteiger partial charge >= 0.3 is 0 Å². The molecule has 128 valence electrons. The van der Waals surface area contributed by atoms with Gasteiger partial charge in [0, 0.05) is 30.2 Å². The minimum Gasteiger partial charge on any atom is -0.505 e. The maximum absolute atomic E-state index is 13.4. The summed E-state index contributed by atoms with van der Waals surface area (Å²) in [5.74, 6) is -0.0900. The van der Waals surface area contributed by atoms with Crippen molar-refractivity contribution in [2.45, 2.75) is 6.04 Å². The van der Waals surface area contributed by atoms with E-state index in [-0.39, 0.29) is 17.6 Å². The van der Waals surface area contributed by atoms with Gasteiger partial charge in [0.1, 0.15) is 17.1 Å². The van der Waals surface area contributed by atoms with Crippen LogP contribution in [0.15, 0.2) is 54.7 Å². The number of phenolic OH excluding ortho intramolecular Hbond substituents is 1. The third-order valence-corrected chi connectivity index (χ3v) is 4.67. The Morgan fingerprint density at radius 3 is 2.56 bits per heavy atom. The summed E-state index contributed by atoms with van der Waals surface area (Å²) in [5, 5.41) is 11.8. The van der Waals surface area contributed by atoms with Gasteiger partial charge in [0.05, 0.1) is 19.3 Å². The van der Waals surface area contributed by atoms with E-state index in [0.29, 0.717) is 18.7 Å². The van der Waals surface area contributed by atoms with Crippen molar-refractivity contribution < 1.29 is 14.2 Å². The Morgan fingerprint density at radius 1 is 1.04 bits per heavy atom. The van der Waals surface area contributed by atoms with Gasteiger partial charge in [0.2, 0.25) is 0 Å². The highest BCUT2D eigenvalue weighted by atomic mass is 19.1. The van der Waals surface area contributed by atoms with Crippen LogP contribution in [0.3, 0.4) is 0 Å². The lowest BCUT2D eigenvalue weighted by atomic mass is 9.94. The Bertz CT molecular complexity index is 877. The van der Waals surface area contributed by atoms with E-state index in [2.05, 4.69) is 9.88 Å². The smallest absolute Gasteiger partial charge is 0.146 e. The molecule has 0 spiro atoms. The third kappa shape index (κ3) is 3.08. The average Bonchev–Trinajstić information content (AvgIpc) is 2.66. The zero-order valence-corrected chi connectivity index (χ0v) is 13.7. The lowest BCUT2D eigenvalue weighted by molar-refractivity contribution is 0.0236. The minimum absolute atomic E-state index is 0.170. The molecule has 3 aromatic rings. The van der Waals surface area contributed by atoms with Crippen molar-refractivity contribution in [2.24, 2.45) is 0 Å². The van der Waals surface area contributed by atoms with Crippen molar-refractivity contribution in [3.8, 4) is 5.75 Å². The van der Waals surface area contributed by atoms with Crippen molar-refractivity contribution in [3.05, 3.63) is 71.7 Å². The zero-order valence-electron chi connectivity index (χ0n) is 13.7. The maximum atomic E-state index is 13.4. The molecule has 2 heterocycles. The summed E-state index contributed by atoms with van der Waals surface area (Å²) in [6, 6.07) is 14.0. The van der Waals surface area contributed by atoms with E-state index >= 15 is 0 Å². The van der Waals surface area contributed by atoms with Crippen LogP contribution in [0.2, 0.25) is 0 Å². The summed E-state index contributed by atoms with van der Waals surface area (Å²) in [6.45, 7) is 2.79. The van der Waals surface area contributed by atoms with Crippen molar-refractivity contribution in [2.75, 3.05) is 26.3 Å². The second-order valence-electron chi connectivity index (χ2n) is 6.18. The van der Waals surface area contributed by atoms with Gasteiger partial charge in [0.25, 0.3) is 0 Å². The molecule has 4 rings (SSSR count). The van der Waals surface area contributed by atoms with Crippen LogP contribution in [0, 0.1) is 5.82 Å². The fourth-order valence-electron chi connectivity index (χ4n) is 3.43. The first kappa shape index (κ1) is 16.0. The highest BCUT2D eigenvalue weighted by Crippen LogP contribution is 2.38. The summed E-state index contributed by atoms with van der Waals surface area (Å²) in [6.07, 6.45) is 1.67. The number of morpholine rings is 1. The van der Waals surface area contributed by atoms with E-state index in [1.165, 1.54) is 12.1 Å². The minimum atomic E-state index is -0.270. The monoisotopic (exact) mass is 338 g/mol. The number of halogens is 1. The Labute approximate surface area is 145 Å². The van der Waals surface area contributed by atoms with Crippen molar-refractivity contribution in [1.29, 1.82) is 0 Å². The van der Waals surface area contributed by atoms with Crippen LogP contribution in [-0.2, 0) is 4.74 Å². The lowest BCUT2D eigenvalue weighted by Gasteiger charge is -2.35. The van der Waals surface area contributed by atoms with Gasteiger partial charge in [-0.2, -0.15) is 0 Å². The number of hydrogen-bond acceptors (Lipinski definition) is 4. The fourth-order valence-corrected chi connectivity index (χ4v) is 3.43. The summed E-state index contributed by atoms with van der Waals surface area (Å²) in [5.41, 5.74) is 2.30. The molecule has 1 aliphatic rings. The molecular formula is C20H19FN2O2. The van der Waals surface area contributed by atoms with Crippen LogP contribution in [0.25, 0.3) is 10.9 Å². The predicted octanol–water partition coefficient (Wildman–Crippen LogP) is 3.50. The van der Waals surface area contributed by atoms with Crippen LogP contribution in [0.5, 0.6) is 5.75 Å². The molecule has 0 bridgehead atoms. The third-order valence-electron chi connectivity index (χ3n) is 4.67. The molecule has 2 aromatic carbocycles. The largest absolute Gasteiger partial charge is 0.505 e. The summed E-state index contributed by atoms with van der Waals surface area (Å²) >= 11 is 0. The first-order valence-electron chi connectivity index (χ1n) is 8.38. The van der Waals surface area contributed by atoms with Crippen LogP contribution in [0.1, 0.15) is 17.2 Å². The summed E-state index contributed by atoms with van der Waals surface area (Å²) < 4.78 is 18.9. The number of hydrogen-bond donors (Lipinski definition) is 1. The number of pyridine rings is 1. The number of rotatable bonds is 3. The molecule has 25 heavy (non-hydrogen) atoms. The molecule has 1 atom stereocenters. The van der Waals surface area contributed by atoms with Gasteiger partial charge in [-0.1, -0.05) is 30.3 Å². The second-order valence-corrected chi connectivity index (χ2v) is 6.18. The Hall–Kier alpha value is -2.50. The molecule has 1 fully saturated rings. The van der Waals surface area contributed by atoms with Gasteiger partial charge < -0.3 is 9.84 Å². The van der Waals surface area contributed by atoms with Gasteiger partial charge in [0.15, 0.2) is 0 Å². The Balaban J connectivity index is 1.85. The number of phenols is 1. The average molecular weight is 338 g/mol. The van der Waals surface area contributed by atoms with E-state index in [0.717, 1.165) is 29.6 Å². The first-order chi connectivity index (χ1) is 12.2. The molecule has 1 saturated heterocycles. The van der Waals surface area contributed by atoms with Gasteiger partial charge in [-0.05, 0) is 23.8 Å². The number of ether oxygens (including phenoxy) is 1. The molecule has 4 nitrogen and oxygen atoms in total. The molecule has 0 amide bonds. The molecular weight excluding hydrogens is 319 g/mol. The van der Waals surface area contributed by atoms with Crippen molar-refractivity contribution in [1.82, 2.24) is 9.88 Å². The van der Waals surface area contributed by atoms with E-state index in [1.54, 1.807) is 18.3 Å². The normalized spacial score (nSPS) is 16.8. The van der Waals surface area contributed by atoms with E-state index in [9.17, 15) is 9.50 Å². The van der Waals surface area contributed by atoms with Crippen LogP contribution >= 0.6 is 0 Å². The molecule has 0 aliphatic carbocycles. The van der Waals surface area contributed by atoms with Crippen LogP contribution < -0.4 is 0 Å². The van der Waals surface area contributed by atoms with Gasteiger partial charge in [-0.3, -0.25) is 9.88 Å². The molecule has 0 unspecified atom stereocenters. The second kappa shape index (κ2) is 6.78. The van der Waals surface area contributed by atoms with Crippen molar-refractivity contribution in [3.63, 3.8) is 0 Å². The summed E-state index contributed by atoms with van der Waals surface area (Å²) in [7, 11) is 0.